The first-order chi connectivity index (χ1) is 11.2. The highest BCUT2D eigenvalue weighted by Gasteiger charge is 2.18. The van der Waals surface area contributed by atoms with Crippen molar-refractivity contribution in [3.63, 3.8) is 0 Å². The van der Waals surface area contributed by atoms with E-state index in [4.69, 9.17) is 0 Å². The summed E-state index contributed by atoms with van der Waals surface area (Å²) >= 11 is 0. The molecular weight excluding hydrogens is 288 g/mol. The highest BCUT2D eigenvalue weighted by atomic mass is 16.5. The number of nitrogens with zero attached hydrogens (tertiary/aromatic N) is 2. The maximum absolute atomic E-state index is 12.5. The van der Waals surface area contributed by atoms with E-state index in [-0.39, 0.29) is 0 Å². The molecule has 126 valence electrons. The van der Waals surface area contributed by atoms with E-state index in [1.54, 1.807) is 31.2 Å². The maximum Gasteiger partial charge on any atom is 0.286 e. The van der Waals surface area contributed by atoms with Gasteiger partial charge < -0.3 is 9.94 Å². The summed E-state index contributed by atoms with van der Waals surface area (Å²) in [4.78, 5) is 12.5. The third-order valence-corrected chi connectivity index (χ3v) is 4.55. The topological polar surface area (TPSA) is 51.0 Å². The van der Waals surface area contributed by atoms with Crippen LogP contribution in [0.3, 0.4) is 0 Å². The highest BCUT2D eigenvalue weighted by Crippen LogP contribution is 2.16. The van der Waals surface area contributed by atoms with Gasteiger partial charge in [0.1, 0.15) is 5.52 Å². The van der Waals surface area contributed by atoms with Crippen LogP contribution in [0.5, 0.6) is 0 Å². The molecule has 4 nitrogen and oxygen atoms in total. The summed E-state index contributed by atoms with van der Waals surface area (Å²) in [6.07, 6.45) is 10.5. The second-order valence-electron chi connectivity index (χ2n) is 6.33. The standard InChI is InChI=1S/C19H28N2O2/c1-3-4-5-6-7-8-9-10-13-17-16(2)20(22)18-14-11-12-15-19(18)21(17)23/h11-12,14-15H,3-10,13H2,1-2H3. The fourth-order valence-corrected chi connectivity index (χ4v) is 3.11. The third-order valence-electron chi connectivity index (χ3n) is 4.55. The number of fused-ring (bicyclic) bond motifs is 1. The van der Waals surface area contributed by atoms with Crippen LogP contribution in [0.4, 0.5) is 0 Å². The number of para-hydroxylation sites is 2. The SMILES string of the molecule is CCCCCCCCCCc1c(C)n([O-])c2ccccc2[n+]1=O. The van der Waals surface area contributed by atoms with Crippen LogP contribution < -0.4 is 4.43 Å². The predicted octanol–water partition coefficient (Wildman–Crippen LogP) is 4.89. The lowest BCUT2D eigenvalue weighted by Gasteiger charge is -2.16. The zero-order valence-electron chi connectivity index (χ0n) is 14.4. The van der Waals surface area contributed by atoms with E-state index in [0.29, 0.717) is 28.8 Å². The van der Waals surface area contributed by atoms with E-state index < -0.39 is 0 Å². The molecule has 2 aromatic rings. The Morgan fingerprint density at radius 1 is 1.00 bits per heavy atom. The molecule has 1 aromatic heterocycles. The number of benzene rings is 1. The van der Waals surface area contributed by atoms with E-state index in [9.17, 15) is 10.1 Å². The molecule has 1 heterocycles. The van der Waals surface area contributed by atoms with E-state index in [1.807, 2.05) is 0 Å². The minimum absolute atomic E-state index is 0.444. The van der Waals surface area contributed by atoms with Crippen LogP contribution in [-0.2, 0) is 6.42 Å². The van der Waals surface area contributed by atoms with Crippen LogP contribution >= 0.6 is 0 Å². The second kappa shape index (κ2) is 8.70. The van der Waals surface area contributed by atoms with Gasteiger partial charge in [-0.3, -0.25) is 0 Å². The molecule has 0 N–H and O–H groups in total. The molecule has 0 amide bonds. The van der Waals surface area contributed by atoms with Crippen molar-refractivity contribution < 1.29 is 4.43 Å². The van der Waals surface area contributed by atoms with Crippen LogP contribution in [0, 0.1) is 17.0 Å². The van der Waals surface area contributed by atoms with Gasteiger partial charge in [0.25, 0.3) is 11.2 Å². The monoisotopic (exact) mass is 316 g/mol. The molecule has 0 aliphatic rings. The average Bonchev–Trinajstić information content (AvgIpc) is 2.58. The Bertz CT molecular complexity index is 692. The summed E-state index contributed by atoms with van der Waals surface area (Å²) in [5.74, 6) is 0. The van der Waals surface area contributed by atoms with Gasteiger partial charge in [0.15, 0.2) is 0 Å². The lowest BCUT2D eigenvalue weighted by atomic mass is 10.1. The Hall–Kier alpha value is -1.84. The summed E-state index contributed by atoms with van der Waals surface area (Å²) < 4.78 is 1.84. The number of hydrogen-bond donors (Lipinski definition) is 0. The van der Waals surface area contributed by atoms with Gasteiger partial charge >= 0.3 is 0 Å². The van der Waals surface area contributed by atoms with Gasteiger partial charge in [-0.25, -0.2) is 0 Å². The lowest BCUT2D eigenvalue weighted by Crippen LogP contribution is -2.26. The van der Waals surface area contributed by atoms with Gasteiger partial charge in [0, 0.05) is 17.4 Å². The first-order valence-corrected chi connectivity index (χ1v) is 8.90. The van der Waals surface area contributed by atoms with Crippen molar-refractivity contribution in [1.29, 1.82) is 0 Å². The Balaban J connectivity index is 1.94. The molecule has 0 fully saturated rings. The third kappa shape index (κ3) is 4.34. The van der Waals surface area contributed by atoms with Gasteiger partial charge in [-0.15, -0.1) is 0 Å². The van der Waals surface area contributed by atoms with Crippen molar-refractivity contribution >= 4 is 11.0 Å². The van der Waals surface area contributed by atoms with Crippen LogP contribution in [0.1, 0.15) is 69.7 Å². The molecule has 0 unspecified atom stereocenters. The minimum atomic E-state index is 0.444. The average molecular weight is 316 g/mol. The minimum Gasteiger partial charge on any atom is -0.805 e. The summed E-state index contributed by atoms with van der Waals surface area (Å²) in [5, 5.41) is 12.3. The van der Waals surface area contributed by atoms with Gasteiger partial charge in [-0.2, -0.15) is 0 Å². The largest absolute Gasteiger partial charge is 0.805 e. The fourth-order valence-electron chi connectivity index (χ4n) is 3.11. The highest BCUT2D eigenvalue weighted by molar-refractivity contribution is 5.72. The zero-order chi connectivity index (χ0) is 16.7. The van der Waals surface area contributed by atoms with E-state index in [1.165, 1.54) is 38.5 Å². The molecule has 23 heavy (non-hydrogen) atoms. The van der Waals surface area contributed by atoms with Crippen molar-refractivity contribution in [3.05, 3.63) is 45.8 Å². The molecule has 0 radical (unpaired) electrons. The summed E-state index contributed by atoms with van der Waals surface area (Å²) in [7, 11) is 0. The molecule has 0 bridgehead atoms. The summed E-state index contributed by atoms with van der Waals surface area (Å²) in [6, 6.07) is 7.00. The molecule has 4 heteroatoms. The van der Waals surface area contributed by atoms with Gasteiger partial charge in [-0.1, -0.05) is 64.0 Å². The van der Waals surface area contributed by atoms with Crippen LogP contribution in [0.25, 0.3) is 11.0 Å². The van der Waals surface area contributed by atoms with Crippen molar-refractivity contribution in [3.8, 4) is 0 Å². The van der Waals surface area contributed by atoms with Gasteiger partial charge in [0.2, 0.25) is 0 Å². The molecule has 0 spiro atoms. The second-order valence-corrected chi connectivity index (χ2v) is 6.33. The molecular formula is C19H28N2O2. The Labute approximate surface area is 138 Å². The number of hydrogen-bond acceptors (Lipinski definition) is 2. The summed E-state index contributed by atoms with van der Waals surface area (Å²) in [5.41, 5.74) is 2.05. The molecule has 0 saturated carbocycles. The zero-order valence-corrected chi connectivity index (χ0v) is 14.4. The van der Waals surface area contributed by atoms with E-state index in [0.717, 1.165) is 22.0 Å². The Morgan fingerprint density at radius 2 is 1.61 bits per heavy atom. The van der Waals surface area contributed by atoms with Crippen LogP contribution in [0.15, 0.2) is 24.3 Å². The van der Waals surface area contributed by atoms with Crippen molar-refractivity contribution in [1.82, 2.24) is 4.73 Å². The molecule has 1 aromatic carbocycles. The number of aromatic nitrogens is 2. The Morgan fingerprint density at radius 3 is 2.30 bits per heavy atom. The lowest BCUT2D eigenvalue weighted by molar-refractivity contribution is -0.476. The van der Waals surface area contributed by atoms with E-state index >= 15 is 0 Å². The first-order valence-electron chi connectivity index (χ1n) is 8.90. The first kappa shape index (κ1) is 17.5. The summed E-state index contributed by atoms with van der Waals surface area (Å²) in [6.45, 7) is 3.97. The maximum atomic E-state index is 12.5. The molecule has 2 rings (SSSR count). The van der Waals surface area contributed by atoms with Crippen molar-refractivity contribution in [2.45, 2.75) is 71.6 Å². The van der Waals surface area contributed by atoms with Crippen LogP contribution in [0.2, 0.25) is 0 Å². The molecule has 0 aliphatic carbocycles. The number of unbranched alkanes of at least 4 members (excludes halogenated alkanes) is 7. The Kier molecular flexibility index (Phi) is 6.63. The van der Waals surface area contributed by atoms with Crippen LogP contribution in [-0.4, -0.2) is 4.73 Å². The quantitative estimate of drug-likeness (QED) is 0.488. The molecule has 0 saturated heterocycles. The van der Waals surface area contributed by atoms with E-state index in [2.05, 4.69) is 6.92 Å². The normalized spacial score (nSPS) is 11.2. The van der Waals surface area contributed by atoms with Gasteiger partial charge in [0.05, 0.1) is 10.1 Å². The molecule has 0 atom stereocenters. The van der Waals surface area contributed by atoms with Crippen molar-refractivity contribution in [2.24, 2.45) is 0 Å². The van der Waals surface area contributed by atoms with Crippen molar-refractivity contribution in [2.75, 3.05) is 0 Å². The smallest absolute Gasteiger partial charge is 0.286 e. The number of rotatable bonds is 9. The van der Waals surface area contributed by atoms with Gasteiger partial charge in [-0.05, 0) is 19.4 Å². The predicted molar refractivity (Wildman–Crippen MR) is 95.1 cm³/mol. The molecule has 0 aliphatic heterocycles. The fraction of sp³-hybridized carbons (Fsp3) is 0.579.